The smallest absolute Gasteiger partial charge is 0.270 e. The monoisotopic (exact) mass is 445 g/mol. The van der Waals surface area contributed by atoms with Crippen molar-refractivity contribution in [2.45, 2.75) is 12.5 Å². The number of pyridine rings is 1. The third kappa shape index (κ3) is 4.14. The number of carbonyl (C=O) groups excluding carboxylic acids is 2. The molecule has 1 heterocycles. The predicted molar refractivity (Wildman–Crippen MR) is 105 cm³/mol. The molecule has 1 aromatic heterocycles. The van der Waals surface area contributed by atoms with Crippen LogP contribution in [0.2, 0.25) is 0 Å². The minimum atomic E-state index is -0.795. The lowest BCUT2D eigenvalue weighted by molar-refractivity contribution is -0.119. The zero-order valence-corrected chi connectivity index (χ0v) is 15.4. The van der Waals surface area contributed by atoms with Gasteiger partial charge >= 0.3 is 0 Å². The third-order valence-corrected chi connectivity index (χ3v) is 4.91. The van der Waals surface area contributed by atoms with Crippen molar-refractivity contribution < 1.29 is 9.59 Å². The Morgan fingerprint density at radius 2 is 1.76 bits per heavy atom. The molecule has 2 aromatic carbocycles. The van der Waals surface area contributed by atoms with E-state index in [1.807, 2.05) is 54.6 Å². The van der Waals surface area contributed by atoms with Crippen molar-refractivity contribution in [1.29, 1.82) is 0 Å². The predicted octanol–water partition coefficient (Wildman–Crippen LogP) is 2.67. The Bertz CT molecular complexity index is 943. The lowest BCUT2D eigenvalue weighted by atomic mass is 10.1. The van der Waals surface area contributed by atoms with Gasteiger partial charge in [-0.25, -0.2) is 4.98 Å². The number of fused-ring (bicyclic) bond motifs is 1. The van der Waals surface area contributed by atoms with Gasteiger partial charge in [0.05, 0.1) is 5.52 Å². The number of halogens is 1. The van der Waals surface area contributed by atoms with Crippen LogP contribution in [0.5, 0.6) is 0 Å². The van der Waals surface area contributed by atoms with Crippen LogP contribution in [0.3, 0.4) is 0 Å². The number of hydrogen-bond donors (Lipinski definition) is 2. The van der Waals surface area contributed by atoms with Gasteiger partial charge in [0.2, 0.25) is 5.91 Å². The Labute approximate surface area is 158 Å². The molecule has 0 radical (unpaired) electrons. The first kappa shape index (κ1) is 17.3. The molecule has 0 saturated heterocycles. The van der Waals surface area contributed by atoms with Gasteiger partial charge in [-0.05, 0) is 46.4 Å². The molecule has 5 nitrogen and oxygen atoms in total. The molecule has 0 saturated carbocycles. The number of benzene rings is 2. The lowest BCUT2D eigenvalue weighted by Crippen LogP contribution is -2.46. The van der Waals surface area contributed by atoms with Crippen LogP contribution in [0.25, 0.3) is 10.9 Å². The highest BCUT2D eigenvalue weighted by Gasteiger charge is 2.21. The number of nitrogens with two attached hydrogens (primary N) is 1. The first-order chi connectivity index (χ1) is 12.0. The van der Waals surface area contributed by atoms with Crippen LogP contribution in [0.15, 0.2) is 60.7 Å². The molecule has 2 amide bonds. The lowest BCUT2D eigenvalue weighted by Gasteiger charge is -2.16. The van der Waals surface area contributed by atoms with Crippen molar-refractivity contribution >= 4 is 45.3 Å². The molecule has 0 fully saturated rings. The van der Waals surface area contributed by atoms with Gasteiger partial charge in [0.1, 0.15) is 11.7 Å². The summed E-state index contributed by atoms with van der Waals surface area (Å²) < 4.78 is 1.02. The summed E-state index contributed by atoms with van der Waals surface area (Å²) in [6.07, 6.45) is 0.341. The minimum Gasteiger partial charge on any atom is -0.368 e. The van der Waals surface area contributed by atoms with Crippen LogP contribution >= 0.6 is 22.6 Å². The second-order valence-corrected chi connectivity index (χ2v) is 6.78. The van der Waals surface area contributed by atoms with Crippen molar-refractivity contribution in [2.75, 3.05) is 0 Å². The minimum absolute atomic E-state index is 0.257. The number of nitrogens with one attached hydrogen (secondary N) is 1. The first-order valence-corrected chi connectivity index (χ1v) is 8.82. The van der Waals surface area contributed by atoms with Gasteiger partial charge < -0.3 is 11.1 Å². The molecule has 3 N–H and O–H groups in total. The van der Waals surface area contributed by atoms with Crippen molar-refractivity contribution in [1.82, 2.24) is 10.3 Å². The van der Waals surface area contributed by atoms with Crippen molar-refractivity contribution in [3.63, 3.8) is 0 Å². The van der Waals surface area contributed by atoms with E-state index in [-0.39, 0.29) is 5.69 Å². The third-order valence-electron chi connectivity index (χ3n) is 3.86. The molecule has 0 unspecified atom stereocenters. The molecule has 0 spiro atoms. The van der Waals surface area contributed by atoms with E-state index in [4.69, 9.17) is 5.73 Å². The summed E-state index contributed by atoms with van der Waals surface area (Å²) in [5, 5.41) is 3.64. The molecule has 0 aliphatic carbocycles. The van der Waals surface area contributed by atoms with Gasteiger partial charge in [0.15, 0.2) is 0 Å². The maximum Gasteiger partial charge on any atom is 0.270 e. The highest BCUT2D eigenvalue weighted by molar-refractivity contribution is 14.1. The summed E-state index contributed by atoms with van der Waals surface area (Å²) in [7, 11) is 0. The van der Waals surface area contributed by atoms with Gasteiger partial charge in [-0.3, -0.25) is 9.59 Å². The van der Waals surface area contributed by atoms with Gasteiger partial charge in [-0.1, -0.05) is 42.5 Å². The van der Waals surface area contributed by atoms with E-state index in [2.05, 4.69) is 32.9 Å². The largest absolute Gasteiger partial charge is 0.368 e. The number of para-hydroxylation sites is 1. The van der Waals surface area contributed by atoms with Crippen LogP contribution in [0, 0.1) is 3.57 Å². The molecule has 3 aromatic rings. The average Bonchev–Trinajstić information content (AvgIpc) is 2.62. The molecule has 0 aliphatic rings. The molecule has 3 rings (SSSR count). The fourth-order valence-corrected chi connectivity index (χ4v) is 3.14. The van der Waals surface area contributed by atoms with Crippen molar-refractivity contribution in [2.24, 2.45) is 5.73 Å². The number of hydrogen-bond acceptors (Lipinski definition) is 3. The normalized spacial score (nSPS) is 11.9. The summed E-state index contributed by atoms with van der Waals surface area (Å²) in [4.78, 5) is 28.6. The highest BCUT2D eigenvalue weighted by Crippen LogP contribution is 2.15. The molecule has 0 bridgehead atoms. The number of primary amides is 1. The highest BCUT2D eigenvalue weighted by atomic mass is 127. The summed E-state index contributed by atoms with van der Waals surface area (Å²) in [6.45, 7) is 0. The number of carbonyl (C=O) groups is 2. The van der Waals surface area contributed by atoms with Gasteiger partial charge in [0.25, 0.3) is 5.91 Å². The second-order valence-electron chi connectivity index (χ2n) is 5.61. The maximum absolute atomic E-state index is 12.5. The Morgan fingerprint density at radius 1 is 1.04 bits per heavy atom. The fourth-order valence-electron chi connectivity index (χ4n) is 2.53. The molecular formula is C19H16IN3O2. The number of nitrogens with zero attached hydrogens (tertiary/aromatic N) is 1. The Morgan fingerprint density at radius 3 is 2.52 bits per heavy atom. The summed E-state index contributed by atoms with van der Waals surface area (Å²) in [5.41, 5.74) is 7.41. The number of rotatable bonds is 5. The molecule has 25 heavy (non-hydrogen) atoms. The quantitative estimate of drug-likeness (QED) is 0.593. The van der Waals surface area contributed by atoms with Crippen molar-refractivity contribution in [3.8, 4) is 0 Å². The number of amides is 2. The topological polar surface area (TPSA) is 85.1 Å². The maximum atomic E-state index is 12.5. The van der Waals surface area contributed by atoms with E-state index in [0.29, 0.717) is 6.42 Å². The summed E-state index contributed by atoms with van der Waals surface area (Å²) in [6, 6.07) is 17.9. The Kier molecular flexibility index (Phi) is 5.28. The molecule has 126 valence electrons. The Hall–Kier alpha value is -2.48. The van der Waals surface area contributed by atoms with Gasteiger partial charge in [-0.15, -0.1) is 0 Å². The summed E-state index contributed by atoms with van der Waals surface area (Å²) in [5.74, 6) is -0.991. The van der Waals surface area contributed by atoms with Crippen molar-refractivity contribution in [3.05, 3.63) is 75.5 Å². The van der Waals surface area contributed by atoms with Crippen LogP contribution in [-0.2, 0) is 11.2 Å². The molecule has 1 atom stereocenters. The van der Waals surface area contributed by atoms with E-state index in [1.165, 1.54) is 0 Å². The summed E-state index contributed by atoms with van der Waals surface area (Å²) >= 11 is 2.19. The zero-order chi connectivity index (χ0) is 17.8. The fraction of sp³-hybridized carbons (Fsp3) is 0.105. The van der Waals surface area contributed by atoms with Crippen LogP contribution in [0.1, 0.15) is 16.1 Å². The van der Waals surface area contributed by atoms with Crippen LogP contribution in [-0.4, -0.2) is 22.8 Å². The van der Waals surface area contributed by atoms with E-state index in [0.717, 1.165) is 20.0 Å². The Balaban J connectivity index is 1.80. The second kappa shape index (κ2) is 7.60. The van der Waals surface area contributed by atoms with E-state index in [9.17, 15) is 9.59 Å². The zero-order valence-electron chi connectivity index (χ0n) is 13.3. The van der Waals surface area contributed by atoms with E-state index >= 15 is 0 Å². The number of aromatic nitrogens is 1. The molecule has 0 aliphatic heterocycles. The molecule has 6 heteroatoms. The standard InChI is InChI=1S/C19H16IN3O2/c20-14-7-3-1-6-13(14)11-17(18(21)24)23-19(25)16-10-9-12-5-2-4-8-15(12)22-16/h1-10,17H,11H2,(H2,21,24)(H,23,25)/t17-/m1/s1. The van der Waals surface area contributed by atoms with E-state index in [1.54, 1.807) is 6.07 Å². The van der Waals surface area contributed by atoms with Crippen LogP contribution in [0.4, 0.5) is 0 Å². The molecular weight excluding hydrogens is 429 g/mol. The first-order valence-electron chi connectivity index (χ1n) is 7.74. The van der Waals surface area contributed by atoms with E-state index < -0.39 is 17.9 Å². The van der Waals surface area contributed by atoms with Gasteiger partial charge in [0, 0.05) is 15.4 Å². The average molecular weight is 445 g/mol. The van der Waals surface area contributed by atoms with Gasteiger partial charge in [-0.2, -0.15) is 0 Å². The van der Waals surface area contributed by atoms with Crippen LogP contribution < -0.4 is 11.1 Å². The SMILES string of the molecule is NC(=O)[C@@H](Cc1ccccc1I)NC(=O)c1ccc2ccccc2n1.